The fourth-order valence-electron chi connectivity index (χ4n) is 3.70. The van der Waals surface area contributed by atoms with Gasteiger partial charge in [-0.05, 0) is 24.0 Å². The maximum absolute atomic E-state index is 13.0. The van der Waals surface area contributed by atoms with Crippen LogP contribution in [0.4, 0.5) is 0 Å². The van der Waals surface area contributed by atoms with Crippen LogP contribution in [-0.2, 0) is 11.2 Å². The molecule has 0 aliphatic rings. The number of rotatable bonds is 5. The second kappa shape index (κ2) is 7.12. The summed E-state index contributed by atoms with van der Waals surface area (Å²) in [5.74, 6) is -1.32. The molecule has 0 radical (unpaired) electrons. The summed E-state index contributed by atoms with van der Waals surface area (Å²) in [5, 5.41) is 22.7. The number of aryl methyl sites for hydroxylation is 1. The number of carbonyl (C=O) groups is 1. The molecule has 4 aromatic rings. The number of aliphatic carboxylic acids is 1. The van der Waals surface area contributed by atoms with Crippen molar-refractivity contribution in [2.24, 2.45) is 5.92 Å². The number of hydrogen-bond acceptors (Lipinski definition) is 5. The van der Waals surface area contributed by atoms with Crippen LogP contribution in [0.2, 0.25) is 0 Å². The van der Waals surface area contributed by atoms with E-state index in [4.69, 9.17) is 0 Å². The maximum atomic E-state index is 13.0. The zero-order valence-corrected chi connectivity index (χ0v) is 16.4. The fraction of sp³-hybridized carbons (Fsp3) is 0.286. The van der Waals surface area contributed by atoms with E-state index >= 15 is 0 Å². The van der Waals surface area contributed by atoms with Crippen LogP contribution < -0.4 is 5.56 Å². The summed E-state index contributed by atoms with van der Waals surface area (Å²) < 4.78 is 2.83. The maximum Gasteiger partial charge on any atom is 0.327 e. The minimum Gasteiger partial charge on any atom is -0.480 e. The summed E-state index contributed by atoms with van der Waals surface area (Å²) in [4.78, 5) is 24.7. The van der Waals surface area contributed by atoms with E-state index in [1.807, 2.05) is 37.3 Å². The number of aromatic nitrogens is 5. The van der Waals surface area contributed by atoms with Gasteiger partial charge in [0.25, 0.3) is 5.56 Å². The van der Waals surface area contributed by atoms with E-state index in [2.05, 4.69) is 15.3 Å². The van der Waals surface area contributed by atoms with Crippen molar-refractivity contribution in [1.82, 2.24) is 24.4 Å². The second-order valence-electron chi connectivity index (χ2n) is 7.27. The van der Waals surface area contributed by atoms with Crippen LogP contribution in [0.5, 0.6) is 0 Å². The van der Waals surface area contributed by atoms with Gasteiger partial charge in [-0.15, -0.1) is 10.2 Å². The molecule has 1 aromatic carbocycles. The SMILES string of the molecule is CCc1nn2c(nnc3c(=O)n([C@@H](C(=O)O)C(C)C)ccc32)c1-c1ccccc1. The Morgan fingerprint density at radius 2 is 1.86 bits per heavy atom. The summed E-state index contributed by atoms with van der Waals surface area (Å²) in [6, 6.07) is 10.5. The highest BCUT2D eigenvalue weighted by atomic mass is 16.4. The molecule has 0 saturated carbocycles. The lowest BCUT2D eigenvalue weighted by Crippen LogP contribution is -2.33. The number of nitrogens with zero attached hydrogens (tertiary/aromatic N) is 5. The third-order valence-corrected chi connectivity index (χ3v) is 5.06. The third kappa shape index (κ3) is 2.97. The Bertz CT molecular complexity index is 1270. The normalized spacial score (nSPS) is 12.7. The van der Waals surface area contributed by atoms with Crippen LogP contribution in [0.1, 0.15) is 32.5 Å². The predicted molar refractivity (Wildman–Crippen MR) is 109 cm³/mol. The molecule has 0 aliphatic carbocycles. The molecular weight excluding hydrogens is 370 g/mol. The van der Waals surface area contributed by atoms with Gasteiger partial charge >= 0.3 is 5.97 Å². The summed E-state index contributed by atoms with van der Waals surface area (Å²) >= 11 is 0. The lowest BCUT2D eigenvalue weighted by atomic mass is 10.0. The topological polar surface area (TPSA) is 102 Å². The average Bonchev–Trinajstić information content (AvgIpc) is 3.09. The molecule has 8 nitrogen and oxygen atoms in total. The van der Waals surface area contributed by atoms with Gasteiger partial charge in [0.15, 0.2) is 11.2 Å². The molecule has 29 heavy (non-hydrogen) atoms. The number of benzene rings is 1. The van der Waals surface area contributed by atoms with Gasteiger partial charge in [0.05, 0.1) is 11.3 Å². The van der Waals surface area contributed by atoms with Crippen molar-refractivity contribution >= 4 is 22.6 Å². The van der Waals surface area contributed by atoms with Gasteiger partial charge in [0, 0.05) is 6.20 Å². The Labute approximate surface area is 166 Å². The molecule has 0 unspecified atom stereocenters. The standard InChI is InChI=1S/C21H21N5O3/c1-4-14-16(13-8-6-5-7-9-13)19-23-22-17-15(26(19)24-14)10-11-25(20(17)27)18(12(2)3)21(28)29/h5-12,18H,4H2,1-3H3,(H,28,29)/t18-/m1/s1. The lowest BCUT2D eigenvalue weighted by molar-refractivity contribution is -0.142. The van der Waals surface area contributed by atoms with Gasteiger partial charge in [-0.1, -0.05) is 51.1 Å². The molecule has 0 aliphatic heterocycles. The van der Waals surface area contributed by atoms with E-state index in [-0.39, 0.29) is 11.4 Å². The highest BCUT2D eigenvalue weighted by molar-refractivity contribution is 5.84. The average molecular weight is 391 g/mol. The molecule has 0 saturated heterocycles. The van der Waals surface area contributed by atoms with E-state index in [9.17, 15) is 14.7 Å². The minimum absolute atomic E-state index is 0.0941. The summed E-state index contributed by atoms with van der Waals surface area (Å²) in [5.41, 5.74) is 3.39. The second-order valence-corrected chi connectivity index (χ2v) is 7.27. The Kier molecular flexibility index (Phi) is 4.62. The molecular formula is C21H21N5O3. The smallest absolute Gasteiger partial charge is 0.327 e. The molecule has 0 fully saturated rings. The van der Waals surface area contributed by atoms with Crippen molar-refractivity contribution in [3.63, 3.8) is 0 Å². The third-order valence-electron chi connectivity index (χ3n) is 5.06. The van der Waals surface area contributed by atoms with Gasteiger partial charge in [0.2, 0.25) is 0 Å². The van der Waals surface area contributed by atoms with Crippen molar-refractivity contribution in [2.75, 3.05) is 0 Å². The molecule has 0 spiro atoms. The summed E-state index contributed by atoms with van der Waals surface area (Å²) in [7, 11) is 0. The number of carboxylic acid groups (broad SMARTS) is 1. The monoisotopic (exact) mass is 391 g/mol. The minimum atomic E-state index is -1.06. The Hall–Kier alpha value is -3.55. The van der Waals surface area contributed by atoms with Gasteiger partial charge in [0.1, 0.15) is 11.6 Å². The molecule has 0 bridgehead atoms. The Morgan fingerprint density at radius 3 is 2.48 bits per heavy atom. The zero-order valence-electron chi connectivity index (χ0n) is 16.4. The van der Waals surface area contributed by atoms with E-state index in [1.165, 1.54) is 10.8 Å². The van der Waals surface area contributed by atoms with Gasteiger partial charge in [-0.25, -0.2) is 9.31 Å². The van der Waals surface area contributed by atoms with Crippen LogP contribution in [0.3, 0.4) is 0 Å². The summed E-state index contributed by atoms with van der Waals surface area (Å²) in [6.07, 6.45) is 2.20. The first-order chi connectivity index (χ1) is 13.9. The highest BCUT2D eigenvalue weighted by Gasteiger charge is 2.26. The largest absolute Gasteiger partial charge is 0.480 e. The molecule has 0 amide bonds. The predicted octanol–water partition coefficient (Wildman–Crippen LogP) is 2.95. The first-order valence-electron chi connectivity index (χ1n) is 9.51. The molecule has 4 rings (SSSR count). The van der Waals surface area contributed by atoms with Crippen molar-refractivity contribution in [3.05, 3.63) is 58.6 Å². The molecule has 3 heterocycles. The Balaban J connectivity index is 2.01. The van der Waals surface area contributed by atoms with E-state index in [0.29, 0.717) is 17.6 Å². The van der Waals surface area contributed by atoms with Crippen molar-refractivity contribution < 1.29 is 9.90 Å². The lowest BCUT2D eigenvalue weighted by Gasteiger charge is -2.19. The van der Waals surface area contributed by atoms with Crippen LogP contribution >= 0.6 is 0 Å². The molecule has 8 heteroatoms. The highest BCUT2D eigenvalue weighted by Crippen LogP contribution is 2.29. The molecule has 148 valence electrons. The van der Waals surface area contributed by atoms with Crippen LogP contribution in [0.25, 0.3) is 27.8 Å². The molecule has 1 atom stereocenters. The number of fused-ring (bicyclic) bond motifs is 3. The van der Waals surface area contributed by atoms with Gasteiger partial charge < -0.3 is 5.11 Å². The zero-order chi connectivity index (χ0) is 20.7. The number of pyridine rings is 1. The number of hydrogen-bond donors (Lipinski definition) is 1. The van der Waals surface area contributed by atoms with E-state index in [1.54, 1.807) is 24.4 Å². The summed E-state index contributed by atoms with van der Waals surface area (Å²) in [6.45, 7) is 5.53. The van der Waals surface area contributed by atoms with Crippen molar-refractivity contribution in [1.29, 1.82) is 0 Å². The first kappa shape index (κ1) is 18.8. The quantitative estimate of drug-likeness (QED) is 0.561. The number of carboxylic acids is 1. The van der Waals surface area contributed by atoms with Crippen LogP contribution in [0.15, 0.2) is 47.4 Å². The van der Waals surface area contributed by atoms with Crippen molar-refractivity contribution in [3.8, 4) is 11.1 Å². The van der Waals surface area contributed by atoms with E-state index in [0.717, 1.165) is 16.8 Å². The first-order valence-corrected chi connectivity index (χ1v) is 9.51. The van der Waals surface area contributed by atoms with Crippen molar-refractivity contribution in [2.45, 2.75) is 33.2 Å². The van der Waals surface area contributed by atoms with Crippen LogP contribution in [-0.4, -0.2) is 35.5 Å². The van der Waals surface area contributed by atoms with Gasteiger partial charge in [-0.2, -0.15) is 5.10 Å². The molecule has 1 N–H and O–H groups in total. The van der Waals surface area contributed by atoms with Gasteiger partial charge in [-0.3, -0.25) is 9.36 Å². The van der Waals surface area contributed by atoms with E-state index < -0.39 is 17.6 Å². The molecule has 3 aromatic heterocycles. The fourth-order valence-corrected chi connectivity index (χ4v) is 3.70. The van der Waals surface area contributed by atoms with Crippen LogP contribution in [0, 0.1) is 5.92 Å². The Morgan fingerprint density at radius 1 is 1.14 bits per heavy atom.